The average Bonchev–Trinajstić information content (AvgIpc) is 3.19. The summed E-state index contributed by atoms with van der Waals surface area (Å²) in [5.41, 5.74) is 0.423. The van der Waals surface area contributed by atoms with E-state index < -0.39 is 0 Å². The summed E-state index contributed by atoms with van der Waals surface area (Å²) in [5.74, 6) is 0.229. The second-order valence-electron chi connectivity index (χ2n) is 5.10. The van der Waals surface area contributed by atoms with Crippen LogP contribution in [0.1, 0.15) is 61.0 Å². The second-order valence-corrected chi connectivity index (χ2v) is 5.10. The predicted molar refractivity (Wildman–Crippen MR) is 69.9 cm³/mol. The fourth-order valence-electron chi connectivity index (χ4n) is 2.54. The molecule has 106 valence electrons. The number of hydrogen-bond donors (Lipinski definition) is 1. The van der Waals surface area contributed by atoms with E-state index in [0.717, 1.165) is 12.8 Å². The van der Waals surface area contributed by atoms with Gasteiger partial charge in [-0.2, -0.15) is 10.1 Å². The molecule has 0 spiro atoms. The van der Waals surface area contributed by atoms with E-state index in [4.69, 9.17) is 0 Å². The molecule has 0 saturated heterocycles. The molecular formula is C13H17N5O2. The molecule has 1 fully saturated rings. The highest BCUT2D eigenvalue weighted by Gasteiger charge is 2.20. The van der Waals surface area contributed by atoms with Gasteiger partial charge in [0.25, 0.3) is 5.91 Å². The van der Waals surface area contributed by atoms with Gasteiger partial charge in [0.1, 0.15) is 5.69 Å². The van der Waals surface area contributed by atoms with Crippen LogP contribution >= 0.6 is 0 Å². The third kappa shape index (κ3) is 2.56. The summed E-state index contributed by atoms with van der Waals surface area (Å²) in [6.45, 7) is 1.80. The van der Waals surface area contributed by atoms with Crippen LogP contribution in [0.25, 0.3) is 0 Å². The van der Waals surface area contributed by atoms with Crippen LogP contribution in [-0.4, -0.2) is 25.8 Å². The van der Waals surface area contributed by atoms with Gasteiger partial charge in [0.2, 0.25) is 6.39 Å². The first-order chi connectivity index (χ1) is 9.74. The number of carbonyl (C=O) groups excluding carboxylic acids is 1. The Balaban J connectivity index is 1.65. The van der Waals surface area contributed by atoms with E-state index in [1.54, 1.807) is 13.0 Å². The highest BCUT2D eigenvalue weighted by molar-refractivity contribution is 5.92. The van der Waals surface area contributed by atoms with Crippen LogP contribution in [0, 0.1) is 0 Å². The lowest BCUT2D eigenvalue weighted by molar-refractivity contribution is 0.0931. The first-order valence-corrected chi connectivity index (χ1v) is 6.86. The molecule has 2 heterocycles. The minimum absolute atomic E-state index is 0.223. The van der Waals surface area contributed by atoms with Crippen molar-refractivity contribution in [2.24, 2.45) is 0 Å². The number of nitrogens with one attached hydrogen (secondary N) is 1. The van der Waals surface area contributed by atoms with E-state index in [2.05, 4.69) is 25.1 Å². The molecule has 20 heavy (non-hydrogen) atoms. The van der Waals surface area contributed by atoms with Crippen LogP contribution in [0.15, 0.2) is 23.2 Å². The van der Waals surface area contributed by atoms with Crippen molar-refractivity contribution in [3.63, 3.8) is 0 Å². The number of nitrogens with zero attached hydrogens (tertiary/aromatic N) is 4. The van der Waals surface area contributed by atoms with Crippen molar-refractivity contribution in [2.75, 3.05) is 0 Å². The molecule has 0 aliphatic heterocycles. The molecule has 1 amide bonds. The zero-order chi connectivity index (χ0) is 13.9. The maximum absolute atomic E-state index is 12.1. The Hall–Kier alpha value is -2.18. The van der Waals surface area contributed by atoms with Gasteiger partial charge in [0, 0.05) is 6.20 Å². The maximum atomic E-state index is 12.1. The van der Waals surface area contributed by atoms with Crippen molar-refractivity contribution < 1.29 is 9.32 Å². The monoisotopic (exact) mass is 275 g/mol. The molecular weight excluding hydrogens is 258 g/mol. The van der Waals surface area contributed by atoms with E-state index in [0.29, 0.717) is 17.6 Å². The molecule has 1 N–H and O–H groups in total. The van der Waals surface area contributed by atoms with Gasteiger partial charge < -0.3 is 9.84 Å². The molecule has 0 radical (unpaired) electrons. The maximum Gasteiger partial charge on any atom is 0.272 e. The molecule has 2 aromatic rings. The van der Waals surface area contributed by atoms with Gasteiger partial charge in [-0.3, -0.25) is 9.48 Å². The van der Waals surface area contributed by atoms with E-state index in [1.165, 1.54) is 19.2 Å². The first kappa shape index (κ1) is 12.8. The van der Waals surface area contributed by atoms with Gasteiger partial charge in [-0.1, -0.05) is 18.0 Å². The number of aromatic nitrogens is 4. The van der Waals surface area contributed by atoms with Gasteiger partial charge in [-0.25, -0.2) is 0 Å². The van der Waals surface area contributed by atoms with Crippen LogP contribution < -0.4 is 5.32 Å². The fraction of sp³-hybridized carbons (Fsp3) is 0.538. The zero-order valence-electron chi connectivity index (χ0n) is 11.3. The lowest BCUT2D eigenvalue weighted by Gasteiger charge is -2.10. The molecule has 2 aromatic heterocycles. The SMILES string of the molecule is C[C@H](NC(=O)c1ccn(C2CCCC2)n1)c1ncon1. The van der Waals surface area contributed by atoms with Crippen molar-refractivity contribution in [3.05, 3.63) is 30.2 Å². The molecule has 1 aliphatic rings. The van der Waals surface area contributed by atoms with Gasteiger partial charge >= 0.3 is 0 Å². The van der Waals surface area contributed by atoms with Crippen LogP contribution in [0.3, 0.4) is 0 Å². The number of amides is 1. The van der Waals surface area contributed by atoms with Crippen LogP contribution in [0.4, 0.5) is 0 Å². The molecule has 1 atom stereocenters. The van der Waals surface area contributed by atoms with Crippen molar-refractivity contribution in [1.29, 1.82) is 0 Å². The summed E-state index contributed by atoms with van der Waals surface area (Å²) in [6, 6.07) is 1.88. The Bertz CT molecular complexity index is 571. The first-order valence-electron chi connectivity index (χ1n) is 6.86. The largest absolute Gasteiger partial charge is 0.343 e. The van der Waals surface area contributed by atoms with Crippen molar-refractivity contribution in [1.82, 2.24) is 25.2 Å². The lowest BCUT2D eigenvalue weighted by atomic mass is 10.3. The van der Waals surface area contributed by atoms with Gasteiger partial charge in [0.15, 0.2) is 5.82 Å². The highest BCUT2D eigenvalue weighted by Crippen LogP contribution is 2.28. The number of rotatable bonds is 4. The summed E-state index contributed by atoms with van der Waals surface area (Å²) in [5, 5.41) is 10.9. The van der Waals surface area contributed by atoms with Crippen LogP contribution in [0.2, 0.25) is 0 Å². The van der Waals surface area contributed by atoms with Gasteiger partial charge in [-0.05, 0) is 25.8 Å². The predicted octanol–water partition coefficient (Wildman–Crippen LogP) is 1.87. The van der Waals surface area contributed by atoms with Crippen molar-refractivity contribution >= 4 is 5.91 Å². The molecule has 7 heteroatoms. The van der Waals surface area contributed by atoms with E-state index in [9.17, 15) is 4.79 Å². The smallest absolute Gasteiger partial charge is 0.272 e. The molecule has 1 aliphatic carbocycles. The summed E-state index contributed by atoms with van der Waals surface area (Å²) in [6.07, 6.45) is 7.88. The summed E-state index contributed by atoms with van der Waals surface area (Å²) in [7, 11) is 0. The highest BCUT2D eigenvalue weighted by atomic mass is 16.5. The molecule has 0 aromatic carbocycles. The average molecular weight is 275 g/mol. The topological polar surface area (TPSA) is 85.8 Å². The molecule has 1 saturated carbocycles. The van der Waals surface area contributed by atoms with Crippen molar-refractivity contribution in [2.45, 2.75) is 44.7 Å². The zero-order valence-corrected chi connectivity index (χ0v) is 11.3. The van der Waals surface area contributed by atoms with E-state index >= 15 is 0 Å². The summed E-state index contributed by atoms with van der Waals surface area (Å²) >= 11 is 0. The standard InChI is InChI=1S/C13H17N5O2/c1-9(12-14-8-20-17-12)15-13(19)11-6-7-18(16-11)10-4-2-3-5-10/h6-10H,2-5H2,1H3,(H,15,19)/t9-/m0/s1. The van der Waals surface area contributed by atoms with E-state index in [-0.39, 0.29) is 11.9 Å². The summed E-state index contributed by atoms with van der Waals surface area (Å²) < 4.78 is 6.57. The Morgan fingerprint density at radius 3 is 3.00 bits per heavy atom. The third-order valence-electron chi connectivity index (χ3n) is 3.65. The Morgan fingerprint density at radius 2 is 2.30 bits per heavy atom. The lowest BCUT2D eigenvalue weighted by Crippen LogP contribution is -2.28. The second kappa shape index (κ2) is 5.44. The molecule has 7 nitrogen and oxygen atoms in total. The molecule has 0 bridgehead atoms. The Morgan fingerprint density at radius 1 is 1.50 bits per heavy atom. The minimum Gasteiger partial charge on any atom is -0.343 e. The molecule has 0 unspecified atom stereocenters. The Labute approximate surface area is 116 Å². The number of carbonyl (C=O) groups is 1. The number of hydrogen-bond acceptors (Lipinski definition) is 5. The minimum atomic E-state index is -0.308. The third-order valence-corrected chi connectivity index (χ3v) is 3.65. The normalized spacial score (nSPS) is 17.2. The van der Waals surface area contributed by atoms with Gasteiger partial charge in [-0.15, -0.1) is 0 Å². The van der Waals surface area contributed by atoms with Crippen LogP contribution in [0.5, 0.6) is 0 Å². The fourth-order valence-corrected chi connectivity index (χ4v) is 2.54. The van der Waals surface area contributed by atoms with E-state index in [1.807, 2.05) is 10.9 Å². The Kier molecular flexibility index (Phi) is 3.49. The summed E-state index contributed by atoms with van der Waals surface area (Å²) in [4.78, 5) is 16.0. The van der Waals surface area contributed by atoms with Gasteiger partial charge in [0.05, 0.1) is 12.1 Å². The van der Waals surface area contributed by atoms with Crippen LogP contribution in [-0.2, 0) is 0 Å². The molecule has 3 rings (SSSR count). The quantitative estimate of drug-likeness (QED) is 0.920. The van der Waals surface area contributed by atoms with Crippen molar-refractivity contribution in [3.8, 4) is 0 Å².